The fourth-order valence-corrected chi connectivity index (χ4v) is 4.48. The van der Waals surface area contributed by atoms with Crippen LogP contribution in [0.2, 0.25) is 0 Å². The van der Waals surface area contributed by atoms with Crippen LogP contribution in [-0.2, 0) is 9.47 Å². The molecule has 2 saturated heterocycles. The lowest BCUT2D eigenvalue weighted by Gasteiger charge is -2.20. The third-order valence-electron chi connectivity index (χ3n) is 5.77. The van der Waals surface area contributed by atoms with Gasteiger partial charge >= 0.3 is 0 Å². The van der Waals surface area contributed by atoms with E-state index in [0.29, 0.717) is 18.1 Å². The highest BCUT2D eigenvalue weighted by atomic mass is 16.7. The first-order chi connectivity index (χ1) is 13.3. The molecule has 0 spiro atoms. The van der Waals surface area contributed by atoms with Crippen molar-refractivity contribution in [2.75, 3.05) is 20.2 Å². The third-order valence-corrected chi connectivity index (χ3v) is 5.77. The Bertz CT molecular complexity index is 842. The summed E-state index contributed by atoms with van der Waals surface area (Å²) in [5, 5.41) is 10.6. The molecule has 1 N–H and O–H groups in total. The van der Waals surface area contributed by atoms with Crippen molar-refractivity contribution in [3.05, 3.63) is 47.5 Å². The average molecular weight is 370 g/mol. The molecule has 4 aliphatic rings. The molecule has 27 heavy (non-hydrogen) atoms. The number of hydrogen-bond acceptors (Lipinski definition) is 7. The zero-order valence-electron chi connectivity index (χ0n) is 14.4. The molecule has 0 radical (unpaired) electrons. The zero-order valence-corrected chi connectivity index (χ0v) is 14.4. The molecule has 2 aromatic carbocycles. The van der Waals surface area contributed by atoms with Gasteiger partial charge in [0, 0.05) is 11.8 Å². The molecule has 0 saturated carbocycles. The van der Waals surface area contributed by atoms with Crippen LogP contribution in [0, 0.1) is 11.8 Å². The minimum absolute atomic E-state index is 0.0517. The fourth-order valence-electron chi connectivity index (χ4n) is 4.48. The molecule has 6 rings (SSSR count). The summed E-state index contributed by atoms with van der Waals surface area (Å²) >= 11 is 0. The molecule has 2 fully saturated rings. The van der Waals surface area contributed by atoms with Crippen LogP contribution < -0.4 is 18.9 Å². The fraction of sp³-hybridized carbons (Fsp3) is 0.400. The highest BCUT2D eigenvalue weighted by Crippen LogP contribution is 2.54. The molecule has 5 unspecified atom stereocenters. The number of fused-ring (bicyclic) bond motifs is 3. The van der Waals surface area contributed by atoms with Gasteiger partial charge < -0.3 is 33.5 Å². The standard InChI is InChI=1S/C20H18O7/c21-20-17-12(18(27-20)10-1-3-13-15(5-10)25-8-23-13)7-22-19(17)11-2-4-14-16(6-11)26-9-24-14/h1-6,12,17-21H,7-9H2. The molecule has 4 aliphatic heterocycles. The second-order valence-electron chi connectivity index (χ2n) is 7.17. The first kappa shape index (κ1) is 15.6. The molecule has 5 atom stereocenters. The van der Waals surface area contributed by atoms with Gasteiger partial charge in [0.05, 0.1) is 18.8 Å². The third kappa shape index (κ3) is 2.32. The smallest absolute Gasteiger partial charge is 0.231 e. The Kier molecular flexibility index (Phi) is 3.32. The van der Waals surface area contributed by atoms with Crippen LogP contribution in [0.15, 0.2) is 36.4 Å². The summed E-state index contributed by atoms with van der Waals surface area (Å²) < 4.78 is 33.7. The van der Waals surface area contributed by atoms with Crippen molar-refractivity contribution in [1.82, 2.24) is 0 Å². The molecular weight excluding hydrogens is 352 g/mol. The maximum absolute atomic E-state index is 10.6. The lowest BCUT2D eigenvalue weighted by atomic mass is 9.84. The van der Waals surface area contributed by atoms with Crippen molar-refractivity contribution >= 4 is 0 Å². The van der Waals surface area contributed by atoms with Gasteiger partial charge in [0.2, 0.25) is 13.6 Å². The van der Waals surface area contributed by atoms with E-state index < -0.39 is 6.29 Å². The van der Waals surface area contributed by atoms with Gasteiger partial charge in [0.25, 0.3) is 0 Å². The van der Waals surface area contributed by atoms with Gasteiger partial charge in [-0.2, -0.15) is 0 Å². The lowest BCUT2D eigenvalue weighted by Crippen LogP contribution is -2.22. The van der Waals surface area contributed by atoms with Gasteiger partial charge in [-0.3, -0.25) is 0 Å². The molecular formula is C20H18O7. The van der Waals surface area contributed by atoms with Gasteiger partial charge in [0.15, 0.2) is 29.3 Å². The van der Waals surface area contributed by atoms with Crippen molar-refractivity contribution in [2.45, 2.75) is 18.5 Å². The van der Waals surface area contributed by atoms with E-state index in [1.807, 2.05) is 36.4 Å². The number of aliphatic hydroxyl groups excluding tert-OH is 1. The largest absolute Gasteiger partial charge is 0.454 e. The maximum atomic E-state index is 10.6. The van der Waals surface area contributed by atoms with Crippen LogP contribution in [0.4, 0.5) is 0 Å². The Balaban J connectivity index is 1.30. The molecule has 0 amide bonds. The predicted molar refractivity (Wildman–Crippen MR) is 90.6 cm³/mol. The van der Waals surface area contributed by atoms with E-state index in [0.717, 1.165) is 22.6 Å². The Labute approximate surface area is 155 Å². The van der Waals surface area contributed by atoms with Crippen LogP contribution in [0.25, 0.3) is 0 Å². The van der Waals surface area contributed by atoms with Crippen LogP contribution in [0.1, 0.15) is 23.3 Å². The lowest BCUT2D eigenvalue weighted by molar-refractivity contribution is -0.134. The van der Waals surface area contributed by atoms with Gasteiger partial charge in [-0.15, -0.1) is 0 Å². The van der Waals surface area contributed by atoms with Gasteiger partial charge in [0.1, 0.15) is 0 Å². The number of aliphatic hydroxyl groups is 1. The van der Waals surface area contributed by atoms with Crippen molar-refractivity contribution in [1.29, 1.82) is 0 Å². The molecule has 7 heteroatoms. The zero-order chi connectivity index (χ0) is 18.0. The molecule has 0 aliphatic carbocycles. The average Bonchev–Trinajstić information content (AvgIpc) is 3.45. The van der Waals surface area contributed by atoms with E-state index in [9.17, 15) is 5.11 Å². The molecule has 140 valence electrons. The highest BCUT2D eigenvalue weighted by molar-refractivity contribution is 5.47. The van der Waals surface area contributed by atoms with Gasteiger partial charge in [-0.1, -0.05) is 12.1 Å². The number of hydrogen-bond donors (Lipinski definition) is 1. The van der Waals surface area contributed by atoms with Crippen molar-refractivity contribution < 1.29 is 33.5 Å². The number of rotatable bonds is 2. The summed E-state index contributed by atoms with van der Waals surface area (Å²) in [6, 6.07) is 11.5. The Hall–Kier alpha value is -2.48. The second-order valence-corrected chi connectivity index (χ2v) is 7.17. The van der Waals surface area contributed by atoms with E-state index in [1.165, 1.54) is 0 Å². The van der Waals surface area contributed by atoms with Crippen LogP contribution in [0.3, 0.4) is 0 Å². The van der Waals surface area contributed by atoms with Crippen molar-refractivity contribution in [3.63, 3.8) is 0 Å². The van der Waals surface area contributed by atoms with Crippen molar-refractivity contribution in [3.8, 4) is 23.0 Å². The van der Waals surface area contributed by atoms with E-state index >= 15 is 0 Å². The summed E-state index contributed by atoms with van der Waals surface area (Å²) in [4.78, 5) is 0. The second kappa shape index (κ2) is 5.76. The van der Waals surface area contributed by atoms with Crippen LogP contribution in [-0.4, -0.2) is 31.6 Å². The minimum Gasteiger partial charge on any atom is -0.454 e. The van der Waals surface area contributed by atoms with Crippen LogP contribution in [0.5, 0.6) is 23.0 Å². The summed E-state index contributed by atoms with van der Waals surface area (Å²) in [6.45, 7) is 0.975. The van der Waals surface area contributed by atoms with Gasteiger partial charge in [-0.05, 0) is 35.4 Å². The number of ether oxygens (including phenoxy) is 6. The highest BCUT2D eigenvalue weighted by Gasteiger charge is 2.53. The topological polar surface area (TPSA) is 75.6 Å². The summed E-state index contributed by atoms with van der Waals surface area (Å²) in [7, 11) is 0. The Morgan fingerprint density at radius 2 is 1.33 bits per heavy atom. The molecule has 4 heterocycles. The molecule has 0 bridgehead atoms. The SMILES string of the molecule is OC1OC(c2ccc3c(c2)OCO3)C2COC(c3ccc4c(c3)OCO4)C12. The maximum Gasteiger partial charge on any atom is 0.231 e. The van der Waals surface area contributed by atoms with E-state index in [-0.39, 0.29) is 37.6 Å². The van der Waals surface area contributed by atoms with E-state index in [2.05, 4.69) is 0 Å². The van der Waals surface area contributed by atoms with Crippen LogP contribution >= 0.6 is 0 Å². The van der Waals surface area contributed by atoms with E-state index in [4.69, 9.17) is 28.4 Å². The monoisotopic (exact) mass is 370 g/mol. The first-order valence-electron chi connectivity index (χ1n) is 9.02. The minimum atomic E-state index is -0.900. The molecule has 2 aromatic rings. The normalized spacial score (nSPS) is 32.7. The van der Waals surface area contributed by atoms with E-state index in [1.54, 1.807) is 0 Å². The first-order valence-corrected chi connectivity index (χ1v) is 9.02. The summed E-state index contributed by atoms with van der Waals surface area (Å²) in [6.07, 6.45) is -1.40. The quantitative estimate of drug-likeness (QED) is 0.871. The van der Waals surface area contributed by atoms with Gasteiger partial charge in [-0.25, -0.2) is 0 Å². The Morgan fingerprint density at radius 1 is 0.741 bits per heavy atom. The Morgan fingerprint density at radius 3 is 2.00 bits per heavy atom. The predicted octanol–water partition coefficient (Wildman–Crippen LogP) is 2.54. The molecule has 0 aromatic heterocycles. The number of benzene rings is 2. The molecule has 7 nitrogen and oxygen atoms in total. The summed E-state index contributed by atoms with van der Waals surface area (Å²) in [5.74, 6) is 2.78. The van der Waals surface area contributed by atoms with Crippen molar-refractivity contribution in [2.24, 2.45) is 11.8 Å². The summed E-state index contributed by atoms with van der Waals surface area (Å²) in [5.41, 5.74) is 1.92.